The van der Waals surface area contributed by atoms with E-state index in [2.05, 4.69) is 0 Å². The summed E-state index contributed by atoms with van der Waals surface area (Å²) >= 11 is 6.00. The summed E-state index contributed by atoms with van der Waals surface area (Å²) in [6, 6.07) is 11.3. The molecular weight excluding hydrogens is 282 g/mol. The van der Waals surface area contributed by atoms with Gasteiger partial charge in [-0.3, -0.25) is 10.1 Å². The number of halogens is 1. The van der Waals surface area contributed by atoms with E-state index in [1.807, 2.05) is 0 Å². The van der Waals surface area contributed by atoms with Gasteiger partial charge in [-0.1, -0.05) is 17.7 Å². The van der Waals surface area contributed by atoms with Crippen molar-refractivity contribution in [2.45, 2.75) is 6.61 Å². The summed E-state index contributed by atoms with van der Waals surface area (Å²) in [5.41, 5.74) is 0.544. The second-order valence-corrected chi connectivity index (χ2v) is 4.41. The Bertz CT molecular complexity index is 630. The number of hydrogen-bond acceptors (Lipinski definition) is 4. The molecule has 5 nitrogen and oxygen atoms in total. The molecule has 0 unspecified atom stereocenters. The Balaban J connectivity index is 2.13. The van der Waals surface area contributed by atoms with Crippen molar-refractivity contribution < 1.29 is 14.4 Å². The van der Waals surface area contributed by atoms with Crippen molar-refractivity contribution in [3.63, 3.8) is 0 Å². The third-order valence-corrected chi connectivity index (χ3v) is 3.04. The molecule has 0 radical (unpaired) electrons. The molecule has 2 rings (SSSR count). The van der Waals surface area contributed by atoms with E-state index >= 15 is 0 Å². The number of nitro benzene ring substituents is 1. The molecule has 0 amide bonds. The highest BCUT2D eigenvalue weighted by Crippen LogP contribution is 2.25. The largest absolute Gasteiger partial charge is 0.497 e. The van der Waals surface area contributed by atoms with Gasteiger partial charge in [0.1, 0.15) is 18.1 Å². The smallest absolute Gasteiger partial charge is 0.269 e. The van der Waals surface area contributed by atoms with Gasteiger partial charge < -0.3 is 9.47 Å². The first kappa shape index (κ1) is 14.1. The second kappa shape index (κ2) is 6.25. The summed E-state index contributed by atoms with van der Waals surface area (Å²) in [6.07, 6.45) is 0. The molecule has 2 aromatic rings. The first-order valence-electron chi connectivity index (χ1n) is 5.80. The first-order valence-corrected chi connectivity index (χ1v) is 6.17. The maximum absolute atomic E-state index is 10.7. The minimum absolute atomic E-state index is 0.0151. The van der Waals surface area contributed by atoms with Gasteiger partial charge in [0, 0.05) is 28.8 Å². The van der Waals surface area contributed by atoms with Crippen molar-refractivity contribution in [1.82, 2.24) is 0 Å². The first-order chi connectivity index (χ1) is 9.60. The minimum Gasteiger partial charge on any atom is -0.497 e. The molecule has 0 aliphatic carbocycles. The third kappa shape index (κ3) is 3.39. The summed E-state index contributed by atoms with van der Waals surface area (Å²) in [6.45, 7) is 0.147. The van der Waals surface area contributed by atoms with E-state index < -0.39 is 4.92 Å². The van der Waals surface area contributed by atoms with Crippen LogP contribution in [0.5, 0.6) is 11.5 Å². The molecular formula is C14H12ClNO4. The van der Waals surface area contributed by atoms with Crippen LogP contribution >= 0.6 is 11.6 Å². The molecule has 0 aliphatic rings. The van der Waals surface area contributed by atoms with Gasteiger partial charge in [-0.15, -0.1) is 0 Å². The fourth-order valence-corrected chi connectivity index (χ4v) is 1.81. The Kier molecular flexibility index (Phi) is 4.42. The van der Waals surface area contributed by atoms with Crippen molar-refractivity contribution in [2.24, 2.45) is 0 Å². The quantitative estimate of drug-likeness (QED) is 0.621. The average Bonchev–Trinajstić information content (AvgIpc) is 2.46. The molecule has 20 heavy (non-hydrogen) atoms. The van der Waals surface area contributed by atoms with E-state index in [1.54, 1.807) is 31.4 Å². The van der Waals surface area contributed by atoms with Gasteiger partial charge in [-0.25, -0.2) is 0 Å². The van der Waals surface area contributed by atoms with Gasteiger partial charge in [0.2, 0.25) is 0 Å². The van der Waals surface area contributed by atoms with E-state index in [1.165, 1.54) is 18.2 Å². The zero-order valence-electron chi connectivity index (χ0n) is 10.7. The predicted octanol–water partition coefficient (Wildman–Crippen LogP) is 3.84. The van der Waals surface area contributed by atoms with Crippen LogP contribution in [0.1, 0.15) is 5.56 Å². The Morgan fingerprint density at radius 3 is 2.65 bits per heavy atom. The van der Waals surface area contributed by atoms with Crippen molar-refractivity contribution >= 4 is 17.3 Å². The van der Waals surface area contributed by atoms with Gasteiger partial charge in [-0.2, -0.15) is 0 Å². The third-order valence-electron chi connectivity index (χ3n) is 2.68. The van der Waals surface area contributed by atoms with Crippen LogP contribution in [0, 0.1) is 10.1 Å². The van der Waals surface area contributed by atoms with Crippen LogP contribution in [0.3, 0.4) is 0 Å². The molecule has 0 saturated carbocycles. The van der Waals surface area contributed by atoms with Crippen LogP contribution < -0.4 is 9.47 Å². The Morgan fingerprint density at radius 2 is 1.95 bits per heavy atom. The molecule has 2 aromatic carbocycles. The molecule has 0 aliphatic heterocycles. The van der Waals surface area contributed by atoms with Crippen molar-refractivity contribution in [2.75, 3.05) is 7.11 Å². The molecule has 104 valence electrons. The van der Waals surface area contributed by atoms with E-state index in [4.69, 9.17) is 21.1 Å². The summed E-state index contributed by atoms with van der Waals surface area (Å²) in [5, 5.41) is 11.2. The minimum atomic E-state index is -0.467. The summed E-state index contributed by atoms with van der Waals surface area (Å²) in [7, 11) is 1.57. The molecule has 0 N–H and O–H groups in total. The van der Waals surface area contributed by atoms with Crippen LogP contribution in [0.15, 0.2) is 42.5 Å². The lowest BCUT2D eigenvalue weighted by atomic mass is 10.2. The van der Waals surface area contributed by atoms with Crippen molar-refractivity contribution in [3.8, 4) is 11.5 Å². The standard InChI is InChI=1S/C14H12ClNO4/c1-19-12-3-2-4-13(8-12)20-9-10-7-11(16(17)18)5-6-14(10)15/h2-8H,9H2,1H3. The van der Waals surface area contributed by atoms with Gasteiger partial charge in [0.15, 0.2) is 0 Å². The summed E-state index contributed by atoms with van der Waals surface area (Å²) < 4.78 is 10.6. The summed E-state index contributed by atoms with van der Waals surface area (Å²) in [4.78, 5) is 10.3. The molecule has 0 heterocycles. The topological polar surface area (TPSA) is 61.6 Å². The Labute approximate surface area is 120 Å². The number of benzene rings is 2. The zero-order valence-corrected chi connectivity index (χ0v) is 11.5. The zero-order chi connectivity index (χ0) is 14.5. The SMILES string of the molecule is COc1cccc(OCc2cc([N+](=O)[O-])ccc2Cl)c1. The van der Waals surface area contributed by atoms with Gasteiger partial charge >= 0.3 is 0 Å². The van der Waals surface area contributed by atoms with Crippen LogP contribution in [0.4, 0.5) is 5.69 Å². The maximum atomic E-state index is 10.7. The molecule has 0 bridgehead atoms. The fraction of sp³-hybridized carbons (Fsp3) is 0.143. The van der Waals surface area contributed by atoms with Gasteiger partial charge in [-0.05, 0) is 18.2 Å². The highest BCUT2D eigenvalue weighted by Gasteiger charge is 2.10. The number of nitrogens with zero attached hydrogens (tertiary/aromatic N) is 1. The molecule has 0 saturated heterocycles. The average molecular weight is 294 g/mol. The van der Waals surface area contributed by atoms with Crippen molar-refractivity contribution in [3.05, 3.63) is 63.2 Å². The second-order valence-electron chi connectivity index (χ2n) is 4.00. The maximum Gasteiger partial charge on any atom is 0.269 e. The number of hydrogen-bond donors (Lipinski definition) is 0. The molecule has 0 spiro atoms. The lowest BCUT2D eigenvalue weighted by Gasteiger charge is -2.09. The van der Waals surface area contributed by atoms with Crippen LogP contribution in [0.2, 0.25) is 5.02 Å². The number of non-ortho nitro benzene ring substituents is 1. The fourth-order valence-electron chi connectivity index (χ4n) is 1.64. The van der Waals surface area contributed by atoms with Crippen LogP contribution in [-0.4, -0.2) is 12.0 Å². The molecule has 0 fully saturated rings. The van der Waals surface area contributed by atoms with E-state index in [0.717, 1.165) is 0 Å². The normalized spacial score (nSPS) is 10.1. The van der Waals surface area contributed by atoms with Crippen LogP contribution in [0.25, 0.3) is 0 Å². The van der Waals surface area contributed by atoms with Gasteiger partial charge in [0.25, 0.3) is 5.69 Å². The number of methoxy groups -OCH3 is 1. The molecule has 0 aromatic heterocycles. The summed E-state index contributed by atoms with van der Waals surface area (Å²) in [5.74, 6) is 1.28. The Hall–Kier alpha value is -2.27. The lowest BCUT2D eigenvalue weighted by Crippen LogP contribution is -1.98. The highest BCUT2D eigenvalue weighted by molar-refractivity contribution is 6.31. The van der Waals surface area contributed by atoms with Crippen molar-refractivity contribution in [1.29, 1.82) is 0 Å². The van der Waals surface area contributed by atoms with E-state index in [-0.39, 0.29) is 12.3 Å². The molecule has 0 atom stereocenters. The van der Waals surface area contributed by atoms with Gasteiger partial charge in [0.05, 0.1) is 12.0 Å². The predicted molar refractivity (Wildman–Crippen MR) is 75.4 cm³/mol. The van der Waals surface area contributed by atoms with E-state index in [0.29, 0.717) is 22.1 Å². The number of nitro groups is 1. The number of rotatable bonds is 5. The lowest BCUT2D eigenvalue weighted by molar-refractivity contribution is -0.384. The highest BCUT2D eigenvalue weighted by atomic mass is 35.5. The molecule has 6 heteroatoms. The van der Waals surface area contributed by atoms with Crippen LogP contribution in [-0.2, 0) is 6.61 Å². The number of ether oxygens (including phenoxy) is 2. The monoisotopic (exact) mass is 293 g/mol. The Morgan fingerprint density at radius 1 is 1.20 bits per heavy atom. The van der Waals surface area contributed by atoms with E-state index in [9.17, 15) is 10.1 Å².